The molecule has 0 unspecified atom stereocenters. The van der Waals surface area contributed by atoms with E-state index in [0.717, 1.165) is 25.7 Å². The Labute approximate surface area is 142 Å². The number of guanidine groups is 1. The van der Waals surface area contributed by atoms with E-state index in [1.165, 1.54) is 0 Å². The van der Waals surface area contributed by atoms with Crippen molar-refractivity contribution < 1.29 is 14.3 Å². The highest BCUT2D eigenvalue weighted by Gasteiger charge is 2.27. The van der Waals surface area contributed by atoms with Crippen molar-refractivity contribution >= 4 is 24.3 Å². The van der Waals surface area contributed by atoms with Gasteiger partial charge in [-0.2, -0.15) is 0 Å². The molecule has 0 spiro atoms. The molecule has 128 valence electrons. The van der Waals surface area contributed by atoms with Crippen LogP contribution < -0.4 is 20.5 Å². The fraction of sp³-hybridized carbons (Fsp3) is 0.500. The Kier molecular flexibility index (Phi) is 7.68. The number of methoxy groups -OCH3 is 1. The maximum absolute atomic E-state index is 12.2. The first-order valence-corrected chi connectivity index (χ1v) is 7.52. The minimum Gasteiger partial charge on any atom is -0.497 e. The summed E-state index contributed by atoms with van der Waals surface area (Å²) in [5.41, 5.74) is 5.28. The molecule has 0 saturated heterocycles. The number of rotatable bonds is 5. The van der Waals surface area contributed by atoms with Gasteiger partial charge < -0.3 is 20.5 Å². The smallest absolute Gasteiger partial charge is 0.314 e. The highest BCUT2D eigenvalue weighted by atomic mass is 35.5. The largest absolute Gasteiger partial charge is 0.497 e. The van der Waals surface area contributed by atoms with Gasteiger partial charge in [-0.1, -0.05) is 6.07 Å². The molecule has 0 aromatic heterocycles. The molecule has 0 atom stereocenters. The van der Waals surface area contributed by atoms with E-state index in [2.05, 4.69) is 5.32 Å². The zero-order chi connectivity index (χ0) is 15.9. The lowest BCUT2D eigenvalue weighted by Crippen LogP contribution is -2.36. The zero-order valence-electron chi connectivity index (χ0n) is 13.2. The van der Waals surface area contributed by atoms with Crippen molar-refractivity contribution in [2.45, 2.75) is 25.7 Å². The number of halogens is 1. The third-order valence-electron chi connectivity index (χ3n) is 4.02. The van der Waals surface area contributed by atoms with Crippen LogP contribution in [-0.4, -0.2) is 25.6 Å². The summed E-state index contributed by atoms with van der Waals surface area (Å²) >= 11 is 0. The molecule has 7 heteroatoms. The Balaban J connectivity index is 0.00000264. The van der Waals surface area contributed by atoms with E-state index in [1.54, 1.807) is 25.3 Å². The molecule has 0 aliphatic heterocycles. The molecular weight excluding hydrogens is 318 g/mol. The van der Waals surface area contributed by atoms with Gasteiger partial charge in [0.15, 0.2) is 5.96 Å². The molecule has 0 radical (unpaired) electrons. The van der Waals surface area contributed by atoms with Crippen LogP contribution >= 0.6 is 12.4 Å². The normalized spacial score (nSPS) is 20.0. The van der Waals surface area contributed by atoms with Gasteiger partial charge in [-0.3, -0.25) is 10.2 Å². The highest BCUT2D eigenvalue weighted by molar-refractivity contribution is 5.85. The van der Waals surface area contributed by atoms with E-state index in [0.29, 0.717) is 24.0 Å². The van der Waals surface area contributed by atoms with Crippen LogP contribution in [0.3, 0.4) is 0 Å². The molecule has 0 bridgehead atoms. The van der Waals surface area contributed by atoms with Gasteiger partial charge in [0.05, 0.1) is 13.0 Å². The summed E-state index contributed by atoms with van der Waals surface area (Å²) in [5, 5.41) is 10.0. The number of hydrogen-bond donors (Lipinski definition) is 3. The number of hydrogen-bond acceptors (Lipinski definition) is 4. The topological polar surface area (TPSA) is 97.4 Å². The Morgan fingerprint density at radius 1 is 1.30 bits per heavy atom. The summed E-state index contributed by atoms with van der Waals surface area (Å²) in [7, 11) is 1.58. The van der Waals surface area contributed by atoms with Crippen LogP contribution in [0.2, 0.25) is 0 Å². The number of carbonyl (C=O) groups is 1. The van der Waals surface area contributed by atoms with E-state index in [-0.39, 0.29) is 30.3 Å². The fourth-order valence-electron chi connectivity index (χ4n) is 2.72. The van der Waals surface area contributed by atoms with Crippen molar-refractivity contribution in [3.05, 3.63) is 24.3 Å². The van der Waals surface area contributed by atoms with Crippen LogP contribution in [0, 0.1) is 17.2 Å². The monoisotopic (exact) mass is 341 g/mol. The Morgan fingerprint density at radius 2 is 1.96 bits per heavy atom. The van der Waals surface area contributed by atoms with Gasteiger partial charge in [0.2, 0.25) is 0 Å². The fourth-order valence-corrected chi connectivity index (χ4v) is 2.72. The molecule has 23 heavy (non-hydrogen) atoms. The minimum atomic E-state index is -0.175. The van der Waals surface area contributed by atoms with E-state index in [1.807, 2.05) is 6.07 Å². The maximum Gasteiger partial charge on any atom is 0.314 e. The van der Waals surface area contributed by atoms with Crippen molar-refractivity contribution in [2.75, 3.05) is 13.7 Å². The number of benzene rings is 1. The Morgan fingerprint density at radius 3 is 2.57 bits per heavy atom. The van der Waals surface area contributed by atoms with Crippen LogP contribution in [0.1, 0.15) is 25.7 Å². The number of nitrogens with two attached hydrogens (primary N) is 1. The van der Waals surface area contributed by atoms with E-state index in [9.17, 15) is 4.79 Å². The molecule has 1 aliphatic carbocycles. The predicted molar refractivity (Wildman–Crippen MR) is 91.2 cm³/mol. The van der Waals surface area contributed by atoms with Crippen molar-refractivity contribution in [3.8, 4) is 11.5 Å². The lowest BCUT2D eigenvalue weighted by molar-refractivity contribution is -0.140. The lowest BCUT2D eigenvalue weighted by atomic mass is 9.82. The average molecular weight is 342 g/mol. The molecule has 4 N–H and O–H groups in total. The van der Waals surface area contributed by atoms with Gasteiger partial charge in [-0.25, -0.2) is 0 Å². The van der Waals surface area contributed by atoms with Crippen LogP contribution in [-0.2, 0) is 4.79 Å². The lowest BCUT2D eigenvalue weighted by Gasteiger charge is -2.27. The summed E-state index contributed by atoms with van der Waals surface area (Å²) in [5.74, 6) is 1.42. The third-order valence-corrected chi connectivity index (χ3v) is 4.02. The first-order valence-electron chi connectivity index (χ1n) is 7.52. The standard InChI is InChI=1S/C16H23N3O3.ClH/c1-21-13-3-2-4-14(9-13)22-15(20)12-7-5-11(6-8-12)10-19-16(17)18;/h2-4,9,11-12H,5-8,10H2,1H3,(H4,17,18,19);1H. The second kappa shape index (κ2) is 9.25. The Hall–Kier alpha value is -1.95. The number of nitrogens with one attached hydrogen (secondary N) is 2. The van der Waals surface area contributed by atoms with Gasteiger partial charge in [0.25, 0.3) is 0 Å². The quantitative estimate of drug-likeness (QED) is 0.330. The van der Waals surface area contributed by atoms with Crippen LogP contribution in [0.25, 0.3) is 0 Å². The van der Waals surface area contributed by atoms with Gasteiger partial charge in [-0.05, 0) is 43.7 Å². The van der Waals surface area contributed by atoms with Crippen molar-refractivity contribution in [1.82, 2.24) is 5.32 Å². The molecule has 1 fully saturated rings. The van der Waals surface area contributed by atoms with Gasteiger partial charge >= 0.3 is 5.97 Å². The molecule has 0 heterocycles. The average Bonchev–Trinajstić information content (AvgIpc) is 2.53. The second-order valence-corrected chi connectivity index (χ2v) is 5.61. The van der Waals surface area contributed by atoms with E-state index >= 15 is 0 Å². The molecule has 1 saturated carbocycles. The van der Waals surface area contributed by atoms with Crippen LogP contribution in [0.5, 0.6) is 11.5 Å². The van der Waals surface area contributed by atoms with Crippen molar-refractivity contribution in [1.29, 1.82) is 5.41 Å². The first-order chi connectivity index (χ1) is 10.6. The van der Waals surface area contributed by atoms with Crippen molar-refractivity contribution in [2.24, 2.45) is 17.6 Å². The SMILES string of the molecule is COc1cccc(OC(=O)C2CCC(CNC(=N)N)CC2)c1.Cl. The maximum atomic E-state index is 12.2. The molecule has 1 aromatic carbocycles. The Bertz CT molecular complexity index is 531. The molecular formula is C16H24ClN3O3. The van der Waals surface area contributed by atoms with E-state index < -0.39 is 0 Å². The summed E-state index contributed by atoms with van der Waals surface area (Å²) in [6.45, 7) is 0.701. The first kappa shape index (κ1) is 19.1. The molecule has 0 amide bonds. The van der Waals surface area contributed by atoms with Crippen LogP contribution in [0.4, 0.5) is 0 Å². The van der Waals surface area contributed by atoms with Crippen molar-refractivity contribution in [3.63, 3.8) is 0 Å². The minimum absolute atomic E-state index is 0. The molecule has 1 aliphatic rings. The van der Waals surface area contributed by atoms with Gasteiger partial charge in [-0.15, -0.1) is 12.4 Å². The van der Waals surface area contributed by atoms with Gasteiger partial charge in [0, 0.05) is 12.6 Å². The predicted octanol–water partition coefficient (Wildman–Crippen LogP) is 2.31. The number of esters is 1. The number of carbonyl (C=O) groups excluding carboxylic acids is 1. The third kappa shape index (κ3) is 5.98. The van der Waals surface area contributed by atoms with E-state index in [4.69, 9.17) is 20.6 Å². The summed E-state index contributed by atoms with van der Waals surface area (Å²) in [6, 6.07) is 7.07. The zero-order valence-corrected chi connectivity index (χ0v) is 14.0. The second-order valence-electron chi connectivity index (χ2n) is 5.61. The molecule has 2 rings (SSSR count). The highest BCUT2D eigenvalue weighted by Crippen LogP contribution is 2.30. The van der Waals surface area contributed by atoms with Crippen LogP contribution in [0.15, 0.2) is 24.3 Å². The number of ether oxygens (including phenoxy) is 2. The van der Waals surface area contributed by atoms with Gasteiger partial charge in [0.1, 0.15) is 11.5 Å². The summed E-state index contributed by atoms with van der Waals surface area (Å²) in [6.07, 6.45) is 3.51. The molecule has 6 nitrogen and oxygen atoms in total. The summed E-state index contributed by atoms with van der Waals surface area (Å²) < 4.78 is 10.6. The molecule has 1 aromatic rings. The summed E-state index contributed by atoms with van der Waals surface area (Å²) in [4.78, 5) is 12.2.